The molecule has 102 valence electrons. The molecule has 8 heteroatoms. The SMILES string of the molecule is CN=C(N)NCCC[C@@H]1NC[C@H](C(N)=O)NC1=O. The summed E-state index contributed by atoms with van der Waals surface area (Å²) in [6.07, 6.45) is 1.42. The van der Waals surface area contributed by atoms with Crippen molar-refractivity contribution >= 4 is 17.8 Å². The number of primary amides is 1. The summed E-state index contributed by atoms with van der Waals surface area (Å²) in [6, 6.07) is -0.906. The largest absolute Gasteiger partial charge is 0.370 e. The Morgan fingerprint density at radius 3 is 2.83 bits per heavy atom. The van der Waals surface area contributed by atoms with Crippen LogP contribution >= 0.6 is 0 Å². The first-order chi connectivity index (χ1) is 8.54. The molecule has 0 spiro atoms. The smallest absolute Gasteiger partial charge is 0.241 e. The summed E-state index contributed by atoms with van der Waals surface area (Å²) in [7, 11) is 1.60. The van der Waals surface area contributed by atoms with Crippen LogP contribution in [0.2, 0.25) is 0 Å². The third kappa shape index (κ3) is 4.21. The van der Waals surface area contributed by atoms with Gasteiger partial charge in [-0.1, -0.05) is 0 Å². The summed E-state index contributed by atoms with van der Waals surface area (Å²) in [6.45, 7) is 1.02. The van der Waals surface area contributed by atoms with Gasteiger partial charge in [-0.3, -0.25) is 14.6 Å². The molecule has 1 heterocycles. The molecule has 0 bridgehead atoms. The van der Waals surface area contributed by atoms with Crippen LogP contribution < -0.4 is 27.4 Å². The molecular weight excluding hydrogens is 236 g/mol. The molecule has 2 atom stereocenters. The van der Waals surface area contributed by atoms with Crippen LogP contribution in [0.4, 0.5) is 0 Å². The fourth-order valence-electron chi connectivity index (χ4n) is 1.68. The quantitative estimate of drug-likeness (QED) is 0.206. The number of nitrogens with two attached hydrogens (primary N) is 2. The van der Waals surface area contributed by atoms with Crippen LogP contribution in [0.15, 0.2) is 4.99 Å². The molecule has 18 heavy (non-hydrogen) atoms. The Labute approximate surface area is 106 Å². The maximum absolute atomic E-state index is 11.6. The lowest BCUT2D eigenvalue weighted by Gasteiger charge is -2.28. The number of nitrogens with one attached hydrogen (secondary N) is 3. The van der Waals surface area contributed by atoms with E-state index in [1.807, 2.05) is 0 Å². The molecule has 0 radical (unpaired) electrons. The number of hydrogen-bond donors (Lipinski definition) is 5. The lowest BCUT2D eigenvalue weighted by atomic mass is 10.1. The van der Waals surface area contributed by atoms with E-state index < -0.39 is 11.9 Å². The zero-order chi connectivity index (χ0) is 13.5. The van der Waals surface area contributed by atoms with Crippen LogP contribution in [-0.2, 0) is 9.59 Å². The van der Waals surface area contributed by atoms with Crippen LogP contribution in [-0.4, -0.2) is 50.0 Å². The first-order valence-corrected chi connectivity index (χ1v) is 5.83. The van der Waals surface area contributed by atoms with Crippen LogP contribution in [0.5, 0.6) is 0 Å². The van der Waals surface area contributed by atoms with Crippen molar-refractivity contribution < 1.29 is 9.59 Å². The number of piperazine rings is 1. The number of rotatable bonds is 5. The molecule has 1 aliphatic rings. The van der Waals surface area contributed by atoms with Gasteiger partial charge in [0.1, 0.15) is 6.04 Å². The van der Waals surface area contributed by atoms with Crippen molar-refractivity contribution in [2.45, 2.75) is 24.9 Å². The fraction of sp³-hybridized carbons (Fsp3) is 0.700. The van der Waals surface area contributed by atoms with E-state index in [-0.39, 0.29) is 11.9 Å². The van der Waals surface area contributed by atoms with E-state index in [0.717, 1.165) is 6.42 Å². The zero-order valence-electron chi connectivity index (χ0n) is 10.4. The minimum Gasteiger partial charge on any atom is -0.370 e. The van der Waals surface area contributed by atoms with Gasteiger partial charge in [0.05, 0.1) is 6.04 Å². The van der Waals surface area contributed by atoms with E-state index >= 15 is 0 Å². The Balaban J connectivity index is 2.24. The number of aliphatic imine (C=N–C) groups is 1. The predicted octanol–water partition coefficient (Wildman–Crippen LogP) is -2.76. The van der Waals surface area contributed by atoms with Crippen molar-refractivity contribution in [2.75, 3.05) is 20.1 Å². The van der Waals surface area contributed by atoms with Crippen molar-refractivity contribution in [3.05, 3.63) is 0 Å². The van der Waals surface area contributed by atoms with Crippen molar-refractivity contribution in [1.29, 1.82) is 0 Å². The molecular formula is C10H20N6O2. The molecule has 0 aromatic rings. The Hall–Kier alpha value is -1.83. The zero-order valence-corrected chi connectivity index (χ0v) is 10.4. The first kappa shape index (κ1) is 14.2. The van der Waals surface area contributed by atoms with E-state index in [1.54, 1.807) is 7.05 Å². The highest BCUT2D eigenvalue weighted by atomic mass is 16.2. The van der Waals surface area contributed by atoms with Gasteiger partial charge in [0.2, 0.25) is 11.8 Å². The number of carbonyl (C=O) groups is 2. The second kappa shape index (κ2) is 6.80. The highest BCUT2D eigenvalue weighted by molar-refractivity contribution is 5.90. The minimum absolute atomic E-state index is 0.192. The fourth-order valence-corrected chi connectivity index (χ4v) is 1.68. The third-order valence-corrected chi connectivity index (χ3v) is 2.76. The highest BCUT2D eigenvalue weighted by Gasteiger charge is 2.29. The van der Waals surface area contributed by atoms with Gasteiger partial charge in [-0.2, -0.15) is 0 Å². The number of amides is 2. The van der Waals surface area contributed by atoms with E-state index in [4.69, 9.17) is 11.5 Å². The lowest BCUT2D eigenvalue weighted by molar-refractivity contribution is -0.130. The van der Waals surface area contributed by atoms with E-state index in [0.29, 0.717) is 25.5 Å². The van der Waals surface area contributed by atoms with Gasteiger partial charge in [0.25, 0.3) is 0 Å². The van der Waals surface area contributed by atoms with Gasteiger partial charge in [-0.15, -0.1) is 0 Å². The molecule has 1 rings (SSSR count). The molecule has 1 fully saturated rings. The molecule has 1 saturated heterocycles. The van der Waals surface area contributed by atoms with Gasteiger partial charge in [0, 0.05) is 20.1 Å². The molecule has 2 amide bonds. The normalized spacial score (nSPS) is 24.5. The van der Waals surface area contributed by atoms with Crippen molar-refractivity contribution in [2.24, 2.45) is 16.5 Å². The number of nitrogens with zero attached hydrogens (tertiary/aromatic N) is 1. The summed E-state index contributed by atoms with van der Waals surface area (Å²) in [5.74, 6) is -0.338. The van der Waals surface area contributed by atoms with Gasteiger partial charge < -0.3 is 27.4 Å². The number of guanidine groups is 1. The van der Waals surface area contributed by atoms with Gasteiger partial charge >= 0.3 is 0 Å². The monoisotopic (exact) mass is 256 g/mol. The second-order valence-electron chi connectivity index (χ2n) is 4.10. The Morgan fingerprint density at radius 1 is 1.56 bits per heavy atom. The molecule has 8 nitrogen and oxygen atoms in total. The number of carbonyl (C=O) groups excluding carboxylic acids is 2. The molecule has 0 saturated carbocycles. The van der Waals surface area contributed by atoms with E-state index in [2.05, 4.69) is 20.9 Å². The molecule has 0 aromatic carbocycles. The van der Waals surface area contributed by atoms with Crippen molar-refractivity contribution in [1.82, 2.24) is 16.0 Å². The average Bonchev–Trinajstić information content (AvgIpc) is 2.35. The van der Waals surface area contributed by atoms with Crippen LogP contribution in [0.3, 0.4) is 0 Å². The van der Waals surface area contributed by atoms with Crippen LogP contribution in [0.25, 0.3) is 0 Å². The predicted molar refractivity (Wildman–Crippen MR) is 67.7 cm³/mol. The van der Waals surface area contributed by atoms with Crippen LogP contribution in [0.1, 0.15) is 12.8 Å². The van der Waals surface area contributed by atoms with E-state index in [1.165, 1.54) is 0 Å². The van der Waals surface area contributed by atoms with Crippen molar-refractivity contribution in [3.63, 3.8) is 0 Å². The Morgan fingerprint density at radius 2 is 2.28 bits per heavy atom. The maximum atomic E-state index is 11.6. The standard InChI is InChI=1S/C10H20N6O2/c1-13-10(12)14-4-2-3-6-9(18)16-7(5-15-6)8(11)17/h6-7,15H,2-5H2,1H3,(H2,11,17)(H,16,18)(H3,12,13,14)/t6-,7+/m0/s1. The molecule has 1 aliphatic heterocycles. The summed E-state index contributed by atoms with van der Waals surface area (Å²) in [5, 5.41) is 8.49. The first-order valence-electron chi connectivity index (χ1n) is 5.83. The molecule has 0 aliphatic carbocycles. The topological polar surface area (TPSA) is 135 Å². The third-order valence-electron chi connectivity index (χ3n) is 2.76. The second-order valence-corrected chi connectivity index (χ2v) is 4.10. The summed E-state index contributed by atoms with van der Waals surface area (Å²) < 4.78 is 0. The van der Waals surface area contributed by atoms with Gasteiger partial charge in [0.15, 0.2) is 5.96 Å². The van der Waals surface area contributed by atoms with Gasteiger partial charge in [-0.25, -0.2) is 0 Å². The summed E-state index contributed by atoms with van der Waals surface area (Å²) in [4.78, 5) is 26.3. The highest BCUT2D eigenvalue weighted by Crippen LogP contribution is 2.02. The molecule has 7 N–H and O–H groups in total. The lowest BCUT2D eigenvalue weighted by Crippen LogP contribution is -2.62. The van der Waals surface area contributed by atoms with Crippen LogP contribution in [0, 0.1) is 0 Å². The molecule has 0 unspecified atom stereocenters. The average molecular weight is 256 g/mol. The maximum Gasteiger partial charge on any atom is 0.241 e. The Kier molecular flexibility index (Phi) is 5.37. The summed E-state index contributed by atoms with van der Waals surface area (Å²) in [5.41, 5.74) is 10.6. The number of hydrogen-bond acceptors (Lipinski definition) is 4. The minimum atomic E-state index is -0.616. The summed E-state index contributed by atoms with van der Waals surface area (Å²) >= 11 is 0. The van der Waals surface area contributed by atoms with E-state index in [9.17, 15) is 9.59 Å². The van der Waals surface area contributed by atoms with Gasteiger partial charge in [-0.05, 0) is 12.8 Å². The Bertz CT molecular complexity index is 343. The van der Waals surface area contributed by atoms with Crippen molar-refractivity contribution in [3.8, 4) is 0 Å². The molecule has 0 aromatic heterocycles.